The highest BCUT2D eigenvalue weighted by Gasteiger charge is 2.19. The van der Waals surface area contributed by atoms with Crippen molar-refractivity contribution in [2.75, 3.05) is 18.9 Å². The molecule has 1 atom stereocenters. The van der Waals surface area contributed by atoms with Gasteiger partial charge in [0, 0.05) is 6.04 Å². The van der Waals surface area contributed by atoms with E-state index in [0.717, 1.165) is 5.56 Å². The van der Waals surface area contributed by atoms with Crippen LogP contribution >= 0.6 is 46.4 Å². The lowest BCUT2D eigenvalue weighted by Crippen LogP contribution is -2.32. The van der Waals surface area contributed by atoms with Crippen LogP contribution in [-0.4, -0.2) is 29.5 Å². The Bertz CT molecular complexity index is 772. The number of carbonyl (C=O) groups is 1. The van der Waals surface area contributed by atoms with Gasteiger partial charge in [-0.25, -0.2) is 0 Å². The molecule has 0 aliphatic carbocycles. The second kappa shape index (κ2) is 8.47. The number of phenols is 1. The third-order valence-electron chi connectivity index (χ3n) is 3.78. The fourth-order valence-electron chi connectivity index (χ4n) is 2.26. The molecule has 25 heavy (non-hydrogen) atoms. The molecule has 1 amide bonds. The van der Waals surface area contributed by atoms with Crippen LogP contribution in [0.5, 0.6) is 5.75 Å². The number of phenolic OH excluding ortho intramolecular Hbond substituents is 1. The highest BCUT2D eigenvalue weighted by molar-refractivity contribution is 6.50. The summed E-state index contributed by atoms with van der Waals surface area (Å²) in [5.41, 5.74) is 1.07. The summed E-state index contributed by atoms with van der Waals surface area (Å²) in [5.74, 6) is -0.147. The Kier molecular flexibility index (Phi) is 6.83. The van der Waals surface area contributed by atoms with Crippen molar-refractivity contribution in [3.05, 3.63) is 56.0 Å². The molecule has 0 bridgehead atoms. The zero-order chi connectivity index (χ0) is 18.7. The summed E-state index contributed by atoms with van der Waals surface area (Å²) >= 11 is 24.1. The number of likely N-dealkylation sites (N-methyl/N-ethyl adjacent to an activating group) is 1. The van der Waals surface area contributed by atoms with Crippen molar-refractivity contribution in [1.29, 1.82) is 0 Å². The second-order valence-corrected chi connectivity index (χ2v) is 7.15. The predicted octanol–water partition coefficient (Wildman–Crippen LogP) is 5.64. The molecule has 0 aliphatic rings. The first-order chi connectivity index (χ1) is 11.7. The van der Waals surface area contributed by atoms with Gasteiger partial charge in [-0.15, -0.1) is 0 Å². The summed E-state index contributed by atoms with van der Waals surface area (Å²) in [6, 6.07) is 8.21. The number of amides is 1. The molecule has 0 spiro atoms. The molecule has 4 nitrogen and oxygen atoms in total. The summed E-state index contributed by atoms with van der Waals surface area (Å²) in [5, 5.41) is 12.9. The standard InChI is InChI=1S/C17H16Cl4N2O2/c1-9(10-4-3-5-11(24)6-10)23(2)8-14(25)22-17-15(20)12(18)7-13(19)16(17)21/h3-7,9,24H,8H2,1-2H3,(H,22,25). The van der Waals surface area contributed by atoms with Crippen LogP contribution in [0.3, 0.4) is 0 Å². The van der Waals surface area contributed by atoms with Crippen LogP contribution in [0.2, 0.25) is 20.1 Å². The number of rotatable bonds is 5. The van der Waals surface area contributed by atoms with Gasteiger partial charge in [-0.2, -0.15) is 0 Å². The summed E-state index contributed by atoms with van der Waals surface area (Å²) in [6.45, 7) is 2.01. The fraction of sp³-hybridized carbons (Fsp3) is 0.235. The molecular formula is C17H16Cl4N2O2. The number of benzene rings is 2. The SMILES string of the molecule is CC(c1cccc(O)c1)N(C)CC(=O)Nc1c(Cl)c(Cl)cc(Cl)c1Cl. The van der Waals surface area contributed by atoms with Crippen LogP contribution in [0.15, 0.2) is 30.3 Å². The maximum Gasteiger partial charge on any atom is 0.238 e. The van der Waals surface area contributed by atoms with Crippen LogP contribution < -0.4 is 5.32 Å². The van der Waals surface area contributed by atoms with Gasteiger partial charge in [0.2, 0.25) is 5.91 Å². The first kappa shape index (κ1) is 20.1. The van der Waals surface area contributed by atoms with E-state index in [1.54, 1.807) is 25.2 Å². The van der Waals surface area contributed by atoms with E-state index in [1.807, 2.05) is 17.9 Å². The summed E-state index contributed by atoms with van der Waals surface area (Å²) in [6.07, 6.45) is 0. The van der Waals surface area contributed by atoms with E-state index < -0.39 is 0 Å². The van der Waals surface area contributed by atoms with Crippen molar-refractivity contribution in [3.8, 4) is 5.75 Å². The highest BCUT2D eigenvalue weighted by Crippen LogP contribution is 2.41. The number of carbonyl (C=O) groups excluding carboxylic acids is 1. The minimum Gasteiger partial charge on any atom is -0.508 e. The number of anilines is 1. The van der Waals surface area contributed by atoms with Gasteiger partial charge in [-0.3, -0.25) is 9.69 Å². The van der Waals surface area contributed by atoms with Crippen LogP contribution in [0.1, 0.15) is 18.5 Å². The number of hydrogen-bond donors (Lipinski definition) is 2. The van der Waals surface area contributed by atoms with Crippen molar-refractivity contribution >= 4 is 58.0 Å². The smallest absolute Gasteiger partial charge is 0.238 e. The monoisotopic (exact) mass is 420 g/mol. The van der Waals surface area contributed by atoms with Gasteiger partial charge in [-0.1, -0.05) is 58.5 Å². The maximum atomic E-state index is 12.3. The molecule has 0 aromatic heterocycles. The fourth-order valence-corrected chi connectivity index (χ4v) is 3.17. The van der Waals surface area contributed by atoms with Gasteiger partial charge < -0.3 is 10.4 Å². The third-order valence-corrected chi connectivity index (χ3v) is 5.36. The van der Waals surface area contributed by atoms with Gasteiger partial charge >= 0.3 is 0 Å². The van der Waals surface area contributed by atoms with E-state index in [0.29, 0.717) is 0 Å². The number of aromatic hydroxyl groups is 1. The topological polar surface area (TPSA) is 52.6 Å². The van der Waals surface area contributed by atoms with E-state index in [2.05, 4.69) is 5.32 Å². The van der Waals surface area contributed by atoms with E-state index in [1.165, 1.54) is 6.07 Å². The molecule has 2 rings (SSSR count). The Morgan fingerprint density at radius 3 is 2.32 bits per heavy atom. The van der Waals surface area contributed by atoms with Crippen molar-refractivity contribution in [2.45, 2.75) is 13.0 Å². The van der Waals surface area contributed by atoms with E-state index in [9.17, 15) is 9.90 Å². The van der Waals surface area contributed by atoms with Crippen molar-refractivity contribution in [1.82, 2.24) is 4.90 Å². The molecule has 0 radical (unpaired) electrons. The normalized spacial score (nSPS) is 12.3. The van der Waals surface area contributed by atoms with E-state index in [4.69, 9.17) is 46.4 Å². The lowest BCUT2D eigenvalue weighted by molar-refractivity contribution is -0.117. The Morgan fingerprint density at radius 2 is 1.76 bits per heavy atom. The summed E-state index contributed by atoms with van der Waals surface area (Å²) in [4.78, 5) is 14.2. The molecule has 8 heteroatoms. The lowest BCUT2D eigenvalue weighted by atomic mass is 10.1. The van der Waals surface area contributed by atoms with Crippen molar-refractivity contribution in [2.24, 2.45) is 0 Å². The maximum absolute atomic E-state index is 12.3. The van der Waals surface area contributed by atoms with Crippen molar-refractivity contribution < 1.29 is 9.90 Å². The Morgan fingerprint density at radius 1 is 1.16 bits per heavy atom. The zero-order valence-electron chi connectivity index (χ0n) is 13.5. The van der Waals surface area contributed by atoms with Crippen LogP contribution in [0.4, 0.5) is 5.69 Å². The molecule has 0 aliphatic heterocycles. The number of nitrogens with one attached hydrogen (secondary N) is 1. The van der Waals surface area contributed by atoms with Crippen molar-refractivity contribution in [3.63, 3.8) is 0 Å². The molecule has 0 saturated heterocycles. The minimum absolute atomic E-state index is 0.0770. The van der Waals surface area contributed by atoms with Crippen LogP contribution in [-0.2, 0) is 4.79 Å². The van der Waals surface area contributed by atoms with E-state index >= 15 is 0 Å². The average Bonchev–Trinajstić information content (AvgIpc) is 2.56. The first-order valence-electron chi connectivity index (χ1n) is 7.32. The quantitative estimate of drug-likeness (QED) is 0.614. The predicted molar refractivity (Wildman–Crippen MR) is 104 cm³/mol. The second-order valence-electron chi connectivity index (χ2n) is 5.58. The Hall–Kier alpha value is -1.17. The average molecular weight is 422 g/mol. The molecule has 0 heterocycles. The summed E-state index contributed by atoms with van der Waals surface area (Å²) < 4.78 is 0. The molecule has 1 unspecified atom stereocenters. The van der Waals surface area contributed by atoms with Gasteiger partial charge in [0.1, 0.15) is 5.75 Å². The molecule has 2 aromatic rings. The minimum atomic E-state index is -0.323. The van der Waals surface area contributed by atoms with E-state index in [-0.39, 0.29) is 50.0 Å². The molecule has 2 N–H and O–H groups in total. The number of nitrogens with zero attached hydrogens (tertiary/aromatic N) is 1. The molecular weight excluding hydrogens is 406 g/mol. The lowest BCUT2D eigenvalue weighted by Gasteiger charge is -2.25. The first-order valence-corrected chi connectivity index (χ1v) is 8.84. The van der Waals surface area contributed by atoms with Gasteiger partial charge in [-0.05, 0) is 37.7 Å². The molecule has 2 aromatic carbocycles. The Balaban J connectivity index is 2.10. The Labute approximate surface area is 166 Å². The molecule has 0 saturated carbocycles. The largest absolute Gasteiger partial charge is 0.508 e. The van der Waals surface area contributed by atoms with Gasteiger partial charge in [0.05, 0.1) is 32.3 Å². The summed E-state index contributed by atoms with van der Waals surface area (Å²) in [7, 11) is 1.79. The highest BCUT2D eigenvalue weighted by atomic mass is 35.5. The number of halogens is 4. The number of hydrogen-bond acceptors (Lipinski definition) is 3. The zero-order valence-corrected chi connectivity index (χ0v) is 16.5. The third kappa shape index (κ3) is 4.93. The molecule has 0 fully saturated rings. The van der Waals surface area contributed by atoms with Crippen LogP contribution in [0, 0.1) is 0 Å². The molecule has 134 valence electrons. The van der Waals surface area contributed by atoms with Gasteiger partial charge in [0.25, 0.3) is 0 Å². The van der Waals surface area contributed by atoms with Crippen LogP contribution in [0.25, 0.3) is 0 Å². The van der Waals surface area contributed by atoms with Gasteiger partial charge in [0.15, 0.2) is 0 Å².